The molecule has 0 spiro atoms. The number of carbonyl (C=O) groups is 2. The zero-order valence-electron chi connectivity index (χ0n) is 18.4. The molecule has 0 fully saturated rings. The second kappa shape index (κ2) is 22.9. The van der Waals surface area contributed by atoms with Crippen LogP contribution in [0.25, 0.3) is 0 Å². The van der Waals surface area contributed by atoms with Crippen molar-refractivity contribution in [1.29, 1.82) is 0 Å². The Hall–Kier alpha value is 2.21. The van der Waals surface area contributed by atoms with E-state index in [1.54, 1.807) is 0 Å². The Kier molecular flexibility index (Phi) is 28.7. The average molecular weight is 433 g/mol. The Balaban J connectivity index is -0.00000288. The van der Waals surface area contributed by atoms with E-state index in [1.807, 2.05) is 0 Å². The maximum atomic E-state index is 11.5. The van der Waals surface area contributed by atoms with Crippen LogP contribution in [0.15, 0.2) is 0 Å². The van der Waals surface area contributed by atoms with Gasteiger partial charge in [0.1, 0.15) is 0 Å². The zero-order chi connectivity index (χ0) is 19.0. The van der Waals surface area contributed by atoms with E-state index in [2.05, 4.69) is 13.8 Å². The molecule has 27 heavy (non-hydrogen) atoms. The van der Waals surface area contributed by atoms with Crippen LogP contribution in [0.4, 0.5) is 0 Å². The van der Waals surface area contributed by atoms with Gasteiger partial charge in [-0.25, -0.2) is 0 Å². The van der Waals surface area contributed by atoms with Gasteiger partial charge < -0.3 is 19.8 Å². The van der Waals surface area contributed by atoms with E-state index in [9.17, 15) is 19.8 Å². The Morgan fingerprint density at radius 2 is 0.815 bits per heavy atom. The standard InChI is InChI=1S/C21H40O4.2K/c1-3-5-7-9-11-13-15-17-21(19(22)23,20(24)25)18-16-14-12-10-8-6-4-2;;/h3-18H2,1-2H3,(H,22,23)(H,24,25);;/q;2*+1/p-2. The molecule has 0 aromatic heterocycles. The van der Waals surface area contributed by atoms with Crippen LogP contribution in [0.2, 0.25) is 0 Å². The van der Waals surface area contributed by atoms with Gasteiger partial charge in [0.05, 0.1) is 11.9 Å². The normalized spacial score (nSPS) is 10.7. The monoisotopic (exact) mass is 432 g/mol. The number of hydrogen-bond acceptors (Lipinski definition) is 4. The average Bonchev–Trinajstić information content (AvgIpc) is 2.57. The summed E-state index contributed by atoms with van der Waals surface area (Å²) in [5, 5.41) is 23.1. The molecule has 0 aliphatic heterocycles. The molecular formula is C21H38K2O4. The molecule has 0 aromatic rings. The molecule has 0 heterocycles. The number of carboxylic acids is 2. The van der Waals surface area contributed by atoms with Crippen molar-refractivity contribution in [2.24, 2.45) is 5.41 Å². The molecule has 0 amide bonds. The SMILES string of the molecule is CCCCCCCCCC(CCCCCCCCC)(C(=O)[O-])C(=O)[O-].[K+].[K+]. The first-order valence-electron chi connectivity index (χ1n) is 10.4. The fourth-order valence-corrected chi connectivity index (χ4v) is 3.38. The van der Waals surface area contributed by atoms with Gasteiger partial charge in [-0.1, -0.05) is 104 Å². The molecule has 6 heteroatoms. The van der Waals surface area contributed by atoms with Gasteiger partial charge in [0.25, 0.3) is 0 Å². The van der Waals surface area contributed by atoms with Gasteiger partial charge in [-0.15, -0.1) is 0 Å². The van der Waals surface area contributed by atoms with Gasteiger partial charge in [-0.2, -0.15) is 0 Å². The summed E-state index contributed by atoms with van der Waals surface area (Å²) in [5.41, 5.74) is -1.80. The number of hydrogen-bond donors (Lipinski definition) is 0. The molecule has 0 bridgehead atoms. The van der Waals surface area contributed by atoms with Crippen molar-refractivity contribution in [2.45, 2.75) is 117 Å². The summed E-state index contributed by atoms with van der Waals surface area (Å²) in [4.78, 5) is 23.1. The van der Waals surface area contributed by atoms with Crippen molar-refractivity contribution in [3.05, 3.63) is 0 Å². The molecule has 0 aliphatic rings. The molecule has 0 N–H and O–H groups in total. The third-order valence-electron chi connectivity index (χ3n) is 5.20. The van der Waals surface area contributed by atoms with E-state index in [4.69, 9.17) is 0 Å². The van der Waals surface area contributed by atoms with Crippen molar-refractivity contribution < 1.29 is 123 Å². The second-order valence-electron chi connectivity index (χ2n) is 7.40. The fourth-order valence-electron chi connectivity index (χ4n) is 3.38. The van der Waals surface area contributed by atoms with Crippen LogP contribution in [-0.2, 0) is 9.59 Å². The van der Waals surface area contributed by atoms with Crippen LogP contribution in [0.5, 0.6) is 0 Å². The van der Waals surface area contributed by atoms with Crippen LogP contribution < -0.4 is 113 Å². The molecule has 0 rings (SSSR count). The first-order chi connectivity index (χ1) is 12.0. The van der Waals surface area contributed by atoms with E-state index in [0.29, 0.717) is 12.8 Å². The van der Waals surface area contributed by atoms with E-state index >= 15 is 0 Å². The summed E-state index contributed by atoms with van der Waals surface area (Å²) in [6, 6.07) is 0. The molecule has 0 atom stereocenters. The molecule has 0 aliphatic carbocycles. The van der Waals surface area contributed by atoms with Crippen molar-refractivity contribution >= 4 is 11.9 Å². The minimum absolute atomic E-state index is 0. The molecule has 0 radical (unpaired) electrons. The van der Waals surface area contributed by atoms with Crippen LogP contribution >= 0.6 is 0 Å². The smallest absolute Gasteiger partial charge is 0.549 e. The third-order valence-corrected chi connectivity index (χ3v) is 5.20. The van der Waals surface area contributed by atoms with Gasteiger partial charge in [-0.05, 0) is 12.8 Å². The first kappa shape index (κ1) is 33.8. The summed E-state index contributed by atoms with van der Waals surface area (Å²) >= 11 is 0. The molecule has 0 saturated carbocycles. The van der Waals surface area contributed by atoms with Crippen LogP contribution in [0.1, 0.15) is 117 Å². The van der Waals surface area contributed by atoms with Crippen molar-refractivity contribution in [3.63, 3.8) is 0 Å². The van der Waals surface area contributed by atoms with Gasteiger partial charge in [0.2, 0.25) is 0 Å². The summed E-state index contributed by atoms with van der Waals surface area (Å²) in [6.07, 6.45) is 14.8. The van der Waals surface area contributed by atoms with E-state index in [0.717, 1.165) is 38.5 Å². The van der Waals surface area contributed by atoms with E-state index in [-0.39, 0.29) is 116 Å². The number of unbranched alkanes of at least 4 members (excludes halogenated alkanes) is 12. The summed E-state index contributed by atoms with van der Waals surface area (Å²) in [7, 11) is 0. The fraction of sp³-hybridized carbons (Fsp3) is 0.905. The van der Waals surface area contributed by atoms with Crippen molar-refractivity contribution in [2.75, 3.05) is 0 Å². The Morgan fingerprint density at radius 1 is 0.556 bits per heavy atom. The Labute approximate surface area is 252 Å². The molecule has 0 saturated heterocycles. The number of rotatable bonds is 18. The molecule has 4 nitrogen and oxygen atoms in total. The van der Waals surface area contributed by atoms with E-state index < -0.39 is 17.4 Å². The molecule has 148 valence electrons. The van der Waals surface area contributed by atoms with Gasteiger partial charge in [0, 0.05) is 5.41 Å². The Bertz CT molecular complexity index is 328. The Morgan fingerprint density at radius 3 is 1.07 bits per heavy atom. The minimum atomic E-state index is -1.80. The zero-order valence-corrected chi connectivity index (χ0v) is 24.7. The van der Waals surface area contributed by atoms with E-state index in [1.165, 1.54) is 38.5 Å². The summed E-state index contributed by atoms with van der Waals surface area (Å²) in [6.45, 7) is 4.33. The first-order valence-corrected chi connectivity index (χ1v) is 10.4. The predicted octanol–water partition coefficient (Wildman–Crippen LogP) is -2.24. The van der Waals surface area contributed by atoms with Crippen LogP contribution in [-0.4, -0.2) is 11.9 Å². The van der Waals surface area contributed by atoms with Crippen LogP contribution in [0, 0.1) is 5.41 Å². The quantitative estimate of drug-likeness (QED) is 0.139. The largest absolute Gasteiger partial charge is 1.00 e. The van der Waals surface area contributed by atoms with Gasteiger partial charge >= 0.3 is 103 Å². The van der Waals surface area contributed by atoms with Crippen molar-refractivity contribution in [3.8, 4) is 0 Å². The molecular weight excluding hydrogens is 394 g/mol. The maximum absolute atomic E-state index is 11.5. The number of carbonyl (C=O) groups excluding carboxylic acids is 2. The maximum Gasteiger partial charge on any atom is 1.00 e. The predicted molar refractivity (Wildman–Crippen MR) is 97.7 cm³/mol. The molecule has 0 unspecified atom stereocenters. The van der Waals surface area contributed by atoms with Crippen LogP contribution in [0.3, 0.4) is 0 Å². The topological polar surface area (TPSA) is 80.3 Å². The van der Waals surface area contributed by atoms with Gasteiger partial charge in [-0.3, -0.25) is 0 Å². The number of carboxylic acid groups (broad SMARTS) is 2. The molecule has 0 aromatic carbocycles. The third kappa shape index (κ3) is 16.6. The summed E-state index contributed by atoms with van der Waals surface area (Å²) in [5.74, 6) is -2.94. The van der Waals surface area contributed by atoms with Crippen molar-refractivity contribution in [1.82, 2.24) is 0 Å². The minimum Gasteiger partial charge on any atom is -0.549 e. The summed E-state index contributed by atoms with van der Waals surface area (Å²) < 4.78 is 0. The second-order valence-corrected chi connectivity index (χ2v) is 7.40. The number of aliphatic carboxylic acids is 2. The van der Waals surface area contributed by atoms with Gasteiger partial charge in [0.15, 0.2) is 0 Å².